The third kappa shape index (κ3) is 8.63. The van der Waals surface area contributed by atoms with Gasteiger partial charge >= 0.3 is 6.18 Å². The highest BCUT2D eigenvalue weighted by Crippen LogP contribution is 2.13. The van der Waals surface area contributed by atoms with E-state index in [4.69, 9.17) is 0 Å². The molecule has 22 heavy (non-hydrogen) atoms. The molecule has 1 aromatic rings. The first-order valence-electron chi connectivity index (χ1n) is 6.60. The average Bonchev–Trinajstić information content (AvgIpc) is 2.96. The van der Waals surface area contributed by atoms with Crippen molar-refractivity contribution < 1.29 is 27.5 Å². The normalized spacial score (nSPS) is 11.2. The van der Waals surface area contributed by atoms with Gasteiger partial charge in [-0.05, 0) is 17.9 Å². The second-order valence-electron chi connectivity index (χ2n) is 4.39. The van der Waals surface area contributed by atoms with Crippen LogP contribution in [-0.4, -0.2) is 44.3 Å². The van der Waals surface area contributed by atoms with Crippen LogP contribution in [0, 0.1) is 0 Å². The molecule has 0 aromatic carbocycles. The Kier molecular flexibility index (Phi) is 7.89. The summed E-state index contributed by atoms with van der Waals surface area (Å²) in [7, 11) is 0. The highest BCUT2D eigenvalue weighted by Gasteiger charge is 2.27. The van der Waals surface area contributed by atoms with Crippen molar-refractivity contribution in [3.63, 3.8) is 0 Å². The zero-order valence-corrected chi connectivity index (χ0v) is 12.6. The molecule has 1 heterocycles. The largest absolute Gasteiger partial charge is 0.411 e. The number of halogens is 3. The number of alkyl halides is 3. The molecule has 1 rings (SSSR count). The molecular weight excluding hydrogens is 321 g/mol. The zero-order valence-electron chi connectivity index (χ0n) is 11.7. The van der Waals surface area contributed by atoms with E-state index in [1.807, 2.05) is 0 Å². The van der Waals surface area contributed by atoms with E-state index in [9.17, 15) is 22.8 Å². The van der Waals surface area contributed by atoms with Crippen LogP contribution < -0.4 is 10.6 Å². The summed E-state index contributed by atoms with van der Waals surface area (Å²) >= 11 is 1.42. The Morgan fingerprint density at radius 2 is 2.00 bits per heavy atom. The fraction of sp³-hybridized carbons (Fsp3) is 0.538. The molecule has 1 aromatic heterocycles. The summed E-state index contributed by atoms with van der Waals surface area (Å²) < 4.78 is 39.7. The number of ether oxygens (including phenoxy) is 1. The lowest BCUT2D eigenvalue weighted by Gasteiger charge is -2.08. The van der Waals surface area contributed by atoms with Gasteiger partial charge in [-0.2, -0.15) is 24.5 Å². The molecule has 0 saturated carbocycles. The molecule has 2 amide bonds. The molecular formula is C13H17F3N2O3S. The van der Waals surface area contributed by atoms with Crippen molar-refractivity contribution in [2.75, 3.05) is 26.3 Å². The molecule has 5 nitrogen and oxygen atoms in total. The molecule has 0 spiro atoms. The Balaban J connectivity index is 1.98. The van der Waals surface area contributed by atoms with Gasteiger partial charge in [0.1, 0.15) is 6.61 Å². The Bertz CT molecular complexity index is 464. The monoisotopic (exact) mass is 338 g/mol. The Morgan fingerprint density at radius 1 is 1.23 bits per heavy atom. The summed E-state index contributed by atoms with van der Waals surface area (Å²) in [4.78, 5) is 22.9. The van der Waals surface area contributed by atoms with Gasteiger partial charge in [0.15, 0.2) is 0 Å². The van der Waals surface area contributed by atoms with Crippen molar-refractivity contribution in [1.29, 1.82) is 0 Å². The van der Waals surface area contributed by atoms with Gasteiger partial charge in [0, 0.05) is 30.5 Å². The van der Waals surface area contributed by atoms with E-state index in [-0.39, 0.29) is 31.4 Å². The Hall–Kier alpha value is -1.61. The zero-order chi connectivity index (χ0) is 16.4. The van der Waals surface area contributed by atoms with E-state index in [1.165, 1.54) is 11.3 Å². The maximum atomic E-state index is 11.8. The van der Waals surface area contributed by atoms with Gasteiger partial charge in [0.2, 0.25) is 5.91 Å². The number of carbonyl (C=O) groups is 2. The van der Waals surface area contributed by atoms with Gasteiger partial charge in [-0.1, -0.05) is 0 Å². The summed E-state index contributed by atoms with van der Waals surface area (Å²) in [6.45, 7) is -1.14. The van der Waals surface area contributed by atoms with Crippen LogP contribution in [0.2, 0.25) is 0 Å². The molecule has 0 unspecified atom stereocenters. The molecule has 0 bridgehead atoms. The second-order valence-corrected chi connectivity index (χ2v) is 5.17. The maximum Gasteiger partial charge on any atom is 0.411 e. The fourth-order valence-corrected chi connectivity index (χ4v) is 2.12. The van der Waals surface area contributed by atoms with Gasteiger partial charge < -0.3 is 15.4 Å². The molecule has 0 aliphatic heterocycles. The van der Waals surface area contributed by atoms with Crippen molar-refractivity contribution >= 4 is 23.2 Å². The molecule has 124 valence electrons. The summed E-state index contributed by atoms with van der Waals surface area (Å²) in [5.74, 6) is -0.484. The van der Waals surface area contributed by atoms with Crippen molar-refractivity contribution in [2.24, 2.45) is 0 Å². The number of rotatable bonds is 9. The topological polar surface area (TPSA) is 67.4 Å². The van der Waals surface area contributed by atoms with Gasteiger partial charge in [0.05, 0.1) is 6.61 Å². The number of hydrogen-bond acceptors (Lipinski definition) is 4. The second kappa shape index (κ2) is 9.42. The number of nitrogens with one attached hydrogen (secondary N) is 2. The Morgan fingerprint density at radius 3 is 2.64 bits per heavy atom. The van der Waals surface area contributed by atoms with Crippen molar-refractivity contribution in [3.05, 3.63) is 22.4 Å². The van der Waals surface area contributed by atoms with E-state index < -0.39 is 12.8 Å². The summed E-state index contributed by atoms with van der Waals surface area (Å²) in [5.41, 5.74) is 0.580. The van der Waals surface area contributed by atoms with Crippen molar-refractivity contribution in [1.82, 2.24) is 10.6 Å². The predicted octanol–water partition coefficient (Wildman–Crippen LogP) is 1.95. The van der Waals surface area contributed by atoms with Crippen LogP contribution in [0.1, 0.15) is 23.2 Å². The van der Waals surface area contributed by atoms with Crippen LogP contribution >= 0.6 is 11.3 Å². The van der Waals surface area contributed by atoms with Gasteiger partial charge in [0.25, 0.3) is 5.91 Å². The minimum atomic E-state index is -4.36. The van der Waals surface area contributed by atoms with E-state index in [0.717, 1.165) is 0 Å². The standard InChI is InChI=1S/C13H17F3N2O3S/c14-13(15,16)9-21-6-5-17-11(19)2-1-4-18-12(20)10-3-7-22-8-10/h3,7-8H,1-2,4-6,9H2,(H,17,19)(H,18,20). The lowest BCUT2D eigenvalue weighted by molar-refractivity contribution is -0.173. The van der Waals surface area contributed by atoms with Gasteiger partial charge in [-0.3, -0.25) is 9.59 Å². The van der Waals surface area contributed by atoms with Crippen molar-refractivity contribution in [3.8, 4) is 0 Å². The molecule has 0 atom stereocenters. The molecule has 2 N–H and O–H groups in total. The summed E-state index contributed by atoms with van der Waals surface area (Å²) in [6.07, 6.45) is -3.72. The molecule has 0 aliphatic rings. The number of amides is 2. The Labute approximate surface area is 129 Å². The van der Waals surface area contributed by atoms with Crippen LogP contribution in [-0.2, 0) is 9.53 Å². The van der Waals surface area contributed by atoms with E-state index >= 15 is 0 Å². The first kappa shape index (κ1) is 18.4. The highest BCUT2D eigenvalue weighted by atomic mass is 32.1. The van der Waals surface area contributed by atoms with Crippen LogP contribution in [0.4, 0.5) is 13.2 Å². The third-order valence-corrected chi connectivity index (χ3v) is 3.17. The van der Waals surface area contributed by atoms with Gasteiger partial charge in [-0.25, -0.2) is 0 Å². The van der Waals surface area contributed by atoms with Crippen LogP contribution in [0.3, 0.4) is 0 Å². The van der Waals surface area contributed by atoms with Crippen LogP contribution in [0.15, 0.2) is 16.8 Å². The minimum Gasteiger partial charge on any atom is -0.370 e. The first-order valence-corrected chi connectivity index (χ1v) is 7.54. The lowest BCUT2D eigenvalue weighted by atomic mass is 10.2. The molecule has 0 saturated heterocycles. The first-order chi connectivity index (χ1) is 10.4. The quantitative estimate of drug-likeness (QED) is 0.677. The highest BCUT2D eigenvalue weighted by molar-refractivity contribution is 7.08. The predicted molar refractivity (Wildman–Crippen MR) is 75.8 cm³/mol. The number of hydrogen-bond donors (Lipinski definition) is 2. The smallest absolute Gasteiger partial charge is 0.370 e. The van der Waals surface area contributed by atoms with Gasteiger partial charge in [-0.15, -0.1) is 0 Å². The van der Waals surface area contributed by atoms with Crippen molar-refractivity contribution in [2.45, 2.75) is 19.0 Å². The van der Waals surface area contributed by atoms with E-state index in [2.05, 4.69) is 15.4 Å². The molecule has 0 radical (unpaired) electrons. The molecule has 9 heteroatoms. The average molecular weight is 338 g/mol. The molecule has 0 aliphatic carbocycles. The summed E-state index contributed by atoms with van der Waals surface area (Å²) in [6, 6.07) is 1.70. The van der Waals surface area contributed by atoms with E-state index in [1.54, 1.807) is 16.8 Å². The maximum absolute atomic E-state index is 11.8. The third-order valence-electron chi connectivity index (χ3n) is 2.48. The summed E-state index contributed by atoms with van der Waals surface area (Å²) in [5, 5.41) is 8.63. The fourth-order valence-electron chi connectivity index (χ4n) is 1.49. The van der Waals surface area contributed by atoms with Crippen LogP contribution in [0.5, 0.6) is 0 Å². The number of thiophene rings is 1. The minimum absolute atomic E-state index is 0.0240. The van der Waals surface area contributed by atoms with E-state index in [0.29, 0.717) is 18.5 Å². The number of carbonyl (C=O) groups excluding carboxylic acids is 2. The SMILES string of the molecule is O=C(CCCNC(=O)c1ccsc1)NCCOCC(F)(F)F. The van der Waals surface area contributed by atoms with Crippen LogP contribution in [0.25, 0.3) is 0 Å². The lowest BCUT2D eigenvalue weighted by Crippen LogP contribution is -2.30. The molecule has 0 fully saturated rings.